The van der Waals surface area contributed by atoms with Crippen LogP contribution < -0.4 is 10.1 Å². The molecule has 1 saturated heterocycles. The molecule has 1 aliphatic rings. The minimum Gasteiger partial charge on any atom is -0.482 e. The van der Waals surface area contributed by atoms with Crippen LogP contribution in [0.4, 0.5) is 0 Å². The van der Waals surface area contributed by atoms with E-state index in [0.29, 0.717) is 33.2 Å². The van der Waals surface area contributed by atoms with Crippen LogP contribution in [0.3, 0.4) is 0 Å². The van der Waals surface area contributed by atoms with E-state index >= 15 is 0 Å². The Kier molecular flexibility index (Phi) is 6.40. The van der Waals surface area contributed by atoms with Crippen LogP contribution >= 0.6 is 23.2 Å². The number of nitrogens with zero attached hydrogens (tertiary/aromatic N) is 2. The molecule has 26 heavy (non-hydrogen) atoms. The van der Waals surface area contributed by atoms with Crippen LogP contribution in [0.1, 0.15) is 29.1 Å². The third kappa shape index (κ3) is 4.50. The number of likely N-dealkylation sites (tertiary alicyclic amines) is 1. The van der Waals surface area contributed by atoms with Gasteiger partial charge in [0, 0.05) is 19.2 Å². The molecule has 1 aromatic heterocycles. The Morgan fingerprint density at radius 1 is 1.35 bits per heavy atom. The molecule has 3 rings (SSSR count). The van der Waals surface area contributed by atoms with Gasteiger partial charge in [-0.2, -0.15) is 0 Å². The van der Waals surface area contributed by atoms with Gasteiger partial charge in [0.15, 0.2) is 17.2 Å². The van der Waals surface area contributed by atoms with Gasteiger partial charge in [0.1, 0.15) is 6.61 Å². The van der Waals surface area contributed by atoms with Crippen molar-refractivity contribution in [3.05, 3.63) is 45.8 Å². The number of ether oxygens (including phenoxy) is 1. The Morgan fingerprint density at radius 2 is 2.04 bits per heavy atom. The maximum atomic E-state index is 12.6. The van der Waals surface area contributed by atoms with E-state index in [1.165, 1.54) is 0 Å². The number of rotatable bonds is 6. The minimum atomic E-state index is -0.112. The highest BCUT2D eigenvalue weighted by Crippen LogP contribution is 2.33. The van der Waals surface area contributed by atoms with Crippen molar-refractivity contribution >= 4 is 29.1 Å². The molecule has 0 aliphatic carbocycles. The fraction of sp³-hybridized carbons (Fsp3) is 0.444. The number of aromatic nitrogens is 1. The van der Waals surface area contributed by atoms with Crippen LogP contribution in [0, 0.1) is 5.92 Å². The van der Waals surface area contributed by atoms with Gasteiger partial charge in [-0.25, -0.2) is 0 Å². The van der Waals surface area contributed by atoms with E-state index in [2.05, 4.69) is 10.5 Å². The molecule has 0 radical (unpaired) electrons. The Labute approximate surface area is 162 Å². The number of amides is 1. The predicted molar refractivity (Wildman–Crippen MR) is 99.9 cm³/mol. The Morgan fingerprint density at radius 3 is 2.69 bits per heavy atom. The van der Waals surface area contributed by atoms with E-state index in [9.17, 15) is 4.79 Å². The third-order valence-electron chi connectivity index (χ3n) is 4.45. The average Bonchev–Trinajstić information content (AvgIpc) is 3.11. The second kappa shape index (κ2) is 8.75. The molecule has 1 aliphatic heterocycles. The molecule has 2 aromatic rings. The lowest BCUT2D eigenvalue weighted by atomic mass is 9.96. The van der Waals surface area contributed by atoms with Crippen LogP contribution in [0.15, 0.2) is 28.8 Å². The minimum absolute atomic E-state index is 0.0912. The fourth-order valence-electron chi connectivity index (χ4n) is 3.04. The zero-order valence-corrected chi connectivity index (χ0v) is 16.0. The van der Waals surface area contributed by atoms with Gasteiger partial charge in [0.2, 0.25) is 0 Å². The number of hydrogen-bond acceptors (Lipinski definition) is 5. The summed E-state index contributed by atoms with van der Waals surface area (Å²) in [5.74, 6) is 1.32. The SMILES string of the molecule is CNCC1CCN(C(=O)c2cc(COc3c(Cl)cccc3Cl)on2)CC1. The number of halogens is 2. The van der Waals surface area contributed by atoms with Crippen molar-refractivity contribution in [2.24, 2.45) is 5.92 Å². The van der Waals surface area contributed by atoms with Crippen LogP contribution in [0.5, 0.6) is 5.75 Å². The number of para-hydroxylation sites is 1. The normalized spacial score (nSPS) is 15.3. The second-order valence-corrected chi connectivity index (χ2v) is 7.13. The molecule has 8 heteroatoms. The quantitative estimate of drug-likeness (QED) is 0.805. The summed E-state index contributed by atoms with van der Waals surface area (Å²) in [5, 5.41) is 7.90. The third-order valence-corrected chi connectivity index (χ3v) is 5.05. The first-order valence-corrected chi connectivity index (χ1v) is 9.30. The van der Waals surface area contributed by atoms with Crippen molar-refractivity contribution in [1.29, 1.82) is 0 Å². The van der Waals surface area contributed by atoms with Gasteiger partial charge in [0.05, 0.1) is 10.0 Å². The lowest BCUT2D eigenvalue weighted by Gasteiger charge is -2.31. The number of hydrogen-bond donors (Lipinski definition) is 1. The number of carbonyl (C=O) groups is 1. The summed E-state index contributed by atoms with van der Waals surface area (Å²) < 4.78 is 10.8. The summed E-state index contributed by atoms with van der Waals surface area (Å²) in [6.07, 6.45) is 1.98. The molecule has 6 nitrogen and oxygen atoms in total. The Balaban J connectivity index is 1.57. The molecule has 0 atom stereocenters. The van der Waals surface area contributed by atoms with Crippen molar-refractivity contribution in [1.82, 2.24) is 15.4 Å². The zero-order valence-electron chi connectivity index (χ0n) is 14.5. The predicted octanol–water partition coefficient (Wildman–Crippen LogP) is 3.63. The smallest absolute Gasteiger partial charge is 0.276 e. The molecule has 1 amide bonds. The number of carbonyl (C=O) groups excluding carboxylic acids is 1. The molecule has 1 aromatic carbocycles. The van der Waals surface area contributed by atoms with Crippen LogP contribution in [0.25, 0.3) is 0 Å². The molecular formula is C18H21Cl2N3O3. The molecule has 140 valence electrons. The molecule has 1 fully saturated rings. The van der Waals surface area contributed by atoms with Gasteiger partial charge in [-0.1, -0.05) is 34.4 Å². The monoisotopic (exact) mass is 397 g/mol. The molecular weight excluding hydrogens is 377 g/mol. The van der Waals surface area contributed by atoms with Gasteiger partial charge in [0.25, 0.3) is 5.91 Å². The first-order chi connectivity index (χ1) is 12.6. The van der Waals surface area contributed by atoms with Gasteiger partial charge >= 0.3 is 0 Å². The van der Waals surface area contributed by atoms with Crippen LogP contribution in [-0.2, 0) is 6.61 Å². The van der Waals surface area contributed by atoms with Gasteiger partial charge < -0.3 is 19.5 Å². The summed E-state index contributed by atoms with van der Waals surface area (Å²) in [5.41, 5.74) is 0.293. The molecule has 1 N–H and O–H groups in total. The van der Waals surface area contributed by atoms with Crippen molar-refractivity contribution in [2.75, 3.05) is 26.7 Å². The zero-order chi connectivity index (χ0) is 18.5. The van der Waals surface area contributed by atoms with Gasteiger partial charge in [-0.05, 0) is 44.5 Å². The average molecular weight is 398 g/mol. The number of piperidine rings is 1. The lowest BCUT2D eigenvalue weighted by Crippen LogP contribution is -2.40. The molecule has 0 saturated carbocycles. The summed E-state index contributed by atoms with van der Waals surface area (Å²) in [7, 11) is 1.95. The summed E-state index contributed by atoms with van der Waals surface area (Å²) in [6.45, 7) is 2.55. The van der Waals surface area contributed by atoms with Gasteiger partial charge in [-0.3, -0.25) is 4.79 Å². The maximum absolute atomic E-state index is 12.6. The maximum Gasteiger partial charge on any atom is 0.276 e. The first kappa shape index (κ1) is 19.0. The van der Waals surface area contributed by atoms with Crippen molar-refractivity contribution < 1.29 is 14.1 Å². The van der Waals surface area contributed by atoms with E-state index in [-0.39, 0.29) is 12.5 Å². The molecule has 0 bridgehead atoms. The van der Waals surface area contributed by atoms with Crippen molar-refractivity contribution in [3.8, 4) is 5.75 Å². The fourth-order valence-corrected chi connectivity index (χ4v) is 3.54. The van der Waals surface area contributed by atoms with E-state index in [0.717, 1.165) is 32.5 Å². The summed E-state index contributed by atoms with van der Waals surface area (Å²) in [4.78, 5) is 14.4. The highest BCUT2D eigenvalue weighted by molar-refractivity contribution is 6.37. The molecule has 2 heterocycles. The first-order valence-electron chi connectivity index (χ1n) is 8.54. The Hall–Kier alpha value is -1.76. The molecule has 0 spiro atoms. The topological polar surface area (TPSA) is 67.6 Å². The number of benzene rings is 1. The Bertz CT molecular complexity index is 738. The van der Waals surface area contributed by atoms with Crippen molar-refractivity contribution in [2.45, 2.75) is 19.4 Å². The molecule has 0 unspecified atom stereocenters. The van der Waals surface area contributed by atoms with Crippen molar-refractivity contribution in [3.63, 3.8) is 0 Å². The largest absolute Gasteiger partial charge is 0.482 e. The number of nitrogens with one attached hydrogen (secondary N) is 1. The highest BCUT2D eigenvalue weighted by Gasteiger charge is 2.25. The van der Waals surface area contributed by atoms with Crippen LogP contribution in [-0.4, -0.2) is 42.6 Å². The van der Waals surface area contributed by atoms with Crippen LogP contribution in [0.2, 0.25) is 10.0 Å². The highest BCUT2D eigenvalue weighted by atomic mass is 35.5. The summed E-state index contributed by atoms with van der Waals surface area (Å²) in [6, 6.07) is 6.72. The van der Waals surface area contributed by atoms with E-state index in [1.54, 1.807) is 24.3 Å². The standard InChI is InChI=1S/C18H21Cl2N3O3/c1-21-10-12-5-7-23(8-6-12)18(24)16-9-13(26-22-16)11-25-17-14(19)3-2-4-15(17)20/h2-4,9,12,21H,5-8,10-11H2,1H3. The summed E-state index contributed by atoms with van der Waals surface area (Å²) >= 11 is 12.1. The van der Waals surface area contributed by atoms with E-state index in [1.807, 2.05) is 11.9 Å². The van der Waals surface area contributed by atoms with Gasteiger partial charge in [-0.15, -0.1) is 0 Å². The van der Waals surface area contributed by atoms with E-state index < -0.39 is 0 Å². The van der Waals surface area contributed by atoms with E-state index in [4.69, 9.17) is 32.5 Å². The lowest BCUT2D eigenvalue weighted by molar-refractivity contribution is 0.0680. The second-order valence-electron chi connectivity index (χ2n) is 6.31.